The second-order valence-electron chi connectivity index (χ2n) is 4.40. The highest BCUT2D eigenvalue weighted by Gasteiger charge is 2.15. The first-order valence-electron chi connectivity index (χ1n) is 6.33. The lowest BCUT2D eigenvalue weighted by atomic mass is 10.3. The van der Waals surface area contributed by atoms with E-state index in [4.69, 9.17) is 17.0 Å². The van der Waals surface area contributed by atoms with Gasteiger partial charge in [-0.25, -0.2) is 0 Å². The van der Waals surface area contributed by atoms with E-state index in [1.165, 1.54) is 11.3 Å². The Kier molecular flexibility index (Phi) is 4.40. The fourth-order valence-electron chi connectivity index (χ4n) is 2.09. The predicted octanol–water partition coefficient (Wildman–Crippen LogP) is 2.37. The van der Waals surface area contributed by atoms with Crippen molar-refractivity contribution in [3.8, 4) is 0 Å². The van der Waals surface area contributed by atoms with Gasteiger partial charge in [0.1, 0.15) is 4.32 Å². The van der Waals surface area contributed by atoms with E-state index >= 15 is 0 Å². The van der Waals surface area contributed by atoms with Crippen molar-refractivity contribution in [1.29, 1.82) is 0 Å². The van der Waals surface area contributed by atoms with Crippen LogP contribution < -0.4 is 4.87 Å². The number of hydrogen-bond donors (Lipinski definition) is 0. The highest BCUT2D eigenvalue weighted by atomic mass is 32.2. The lowest BCUT2D eigenvalue weighted by molar-refractivity contribution is 0.0702. The number of hydrogen-bond acceptors (Lipinski definition) is 5. The maximum absolute atomic E-state index is 12.0. The molecule has 1 aromatic heterocycles. The first-order chi connectivity index (χ1) is 9.75. The van der Waals surface area contributed by atoms with Crippen LogP contribution in [0.5, 0.6) is 0 Å². The Morgan fingerprint density at radius 3 is 2.90 bits per heavy atom. The molecule has 0 saturated carbocycles. The van der Waals surface area contributed by atoms with E-state index in [2.05, 4.69) is 4.90 Å². The molecular weight excluding hydrogens is 312 g/mol. The zero-order valence-corrected chi connectivity index (χ0v) is 13.2. The number of ether oxygens (including phenoxy) is 1. The number of nitrogens with zero attached hydrogens (tertiary/aromatic N) is 2. The van der Waals surface area contributed by atoms with Gasteiger partial charge >= 0.3 is 4.87 Å². The van der Waals surface area contributed by atoms with Crippen LogP contribution in [0.2, 0.25) is 0 Å². The number of para-hydroxylation sites is 1. The molecule has 106 valence electrons. The average Bonchev–Trinajstić information content (AvgIpc) is 2.81. The minimum atomic E-state index is 0.0727. The summed E-state index contributed by atoms with van der Waals surface area (Å²) < 4.78 is 8.97. The van der Waals surface area contributed by atoms with Crippen molar-refractivity contribution in [3.63, 3.8) is 0 Å². The third-order valence-corrected chi connectivity index (χ3v) is 5.62. The van der Waals surface area contributed by atoms with Gasteiger partial charge in [-0.15, -0.1) is 0 Å². The quantitative estimate of drug-likeness (QED) is 0.792. The van der Waals surface area contributed by atoms with E-state index in [9.17, 15) is 4.79 Å². The molecule has 20 heavy (non-hydrogen) atoms. The van der Waals surface area contributed by atoms with Gasteiger partial charge in [-0.05, 0) is 12.1 Å². The normalized spacial score (nSPS) is 15.7. The van der Waals surface area contributed by atoms with Gasteiger partial charge in [0, 0.05) is 13.1 Å². The van der Waals surface area contributed by atoms with Crippen LogP contribution in [0.3, 0.4) is 0 Å². The Bertz CT molecular complexity index is 674. The predicted molar refractivity (Wildman–Crippen MR) is 88.7 cm³/mol. The summed E-state index contributed by atoms with van der Waals surface area (Å²) in [5, 5.41) is 0. The molecule has 1 aliphatic heterocycles. The summed E-state index contributed by atoms with van der Waals surface area (Å²) in [5.41, 5.74) is 0.986. The Hall–Kier alpha value is -0.890. The molecule has 7 heteroatoms. The molecule has 4 nitrogen and oxygen atoms in total. The van der Waals surface area contributed by atoms with Gasteiger partial charge in [0.2, 0.25) is 0 Å². The minimum Gasteiger partial charge on any atom is -0.378 e. The number of rotatable bonds is 2. The average molecular weight is 326 g/mol. The van der Waals surface area contributed by atoms with Crippen molar-refractivity contribution >= 4 is 49.9 Å². The lowest BCUT2D eigenvalue weighted by Crippen LogP contribution is -2.38. The topological polar surface area (TPSA) is 34.5 Å². The smallest absolute Gasteiger partial charge is 0.308 e. The molecule has 0 unspecified atom stereocenters. The number of morpholine rings is 1. The van der Waals surface area contributed by atoms with Gasteiger partial charge < -0.3 is 9.64 Å². The van der Waals surface area contributed by atoms with Crippen LogP contribution >= 0.6 is 35.3 Å². The Balaban J connectivity index is 1.72. The Labute approximate surface area is 130 Å². The number of thiocarbonyl (C=S) groups is 1. The number of thioether (sulfide) groups is 1. The molecule has 0 N–H and O–H groups in total. The van der Waals surface area contributed by atoms with Gasteiger partial charge in [0.15, 0.2) is 0 Å². The third kappa shape index (κ3) is 2.90. The molecule has 1 aromatic carbocycles. The molecule has 0 bridgehead atoms. The van der Waals surface area contributed by atoms with E-state index in [0.29, 0.717) is 5.88 Å². The molecule has 1 saturated heterocycles. The highest BCUT2D eigenvalue weighted by molar-refractivity contribution is 8.22. The van der Waals surface area contributed by atoms with Crippen LogP contribution in [-0.4, -0.2) is 40.1 Å². The maximum atomic E-state index is 12.0. The summed E-state index contributed by atoms with van der Waals surface area (Å²) in [4.78, 5) is 14.2. The third-order valence-electron chi connectivity index (χ3n) is 3.16. The van der Waals surface area contributed by atoms with Crippen molar-refractivity contribution in [3.05, 3.63) is 33.9 Å². The van der Waals surface area contributed by atoms with E-state index < -0.39 is 0 Å². The molecule has 0 atom stereocenters. The zero-order valence-electron chi connectivity index (χ0n) is 10.8. The molecule has 0 aliphatic carbocycles. The van der Waals surface area contributed by atoms with E-state index in [-0.39, 0.29) is 4.87 Å². The molecule has 0 spiro atoms. The van der Waals surface area contributed by atoms with Crippen molar-refractivity contribution in [2.75, 3.05) is 26.3 Å². The van der Waals surface area contributed by atoms with Crippen molar-refractivity contribution in [1.82, 2.24) is 9.47 Å². The van der Waals surface area contributed by atoms with Crippen molar-refractivity contribution in [2.45, 2.75) is 5.88 Å². The molecule has 3 rings (SSSR count). The summed E-state index contributed by atoms with van der Waals surface area (Å²) in [7, 11) is 0. The lowest BCUT2D eigenvalue weighted by Gasteiger charge is -2.28. The van der Waals surface area contributed by atoms with Gasteiger partial charge in [-0.2, -0.15) is 0 Å². The summed E-state index contributed by atoms with van der Waals surface area (Å²) >= 11 is 8.26. The Morgan fingerprint density at radius 2 is 2.10 bits per heavy atom. The van der Waals surface area contributed by atoms with Crippen LogP contribution in [0.25, 0.3) is 10.2 Å². The van der Waals surface area contributed by atoms with Crippen LogP contribution in [-0.2, 0) is 10.6 Å². The number of fused-ring (bicyclic) bond motifs is 1. The van der Waals surface area contributed by atoms with Crippen LogP contribution in [0, 0.1) is 0 Å². The highest BCUT2D eigenvalue weighted by Crippen LogP contribution is 2.20. The molecule has 2 heterocycles. The Morgan fingerprint density at radius 1 is 1.35 bits per heavy atom. The molecule has 1 aliphatic rings. The van der Waals surface area contributed by atoms with Crippen LogP contribution in [0.1, 0.15) is 0 Å². The molecule has 2 aromatic rings. The molecule has 1 fully saturated rings. The minimum absolute atomic E-state index is 0.0727. The van der Waals surface area contributed by atoms with Gasteiger partial charge in [-0.1, -0.05) is 47.4 Å². The summed E-state index contributed by atoms with van der Waals surface area (Å²) in [6, 6.07) is 7.86. The number of aromatic nitrogens is 1. The second-order valence-corrected chi connectivity index (χ2v) is 6.97. The van der Waals surface area contributed by atoms with Crippen molar-refractivity contribution < 1.29 is 4.74 Å². The molecular formula is C13H14N2O2S3. The fourth-order valence-corrected chi connectivity index (χ4v) is 4.27. The standard InChI is InChI=1S/C13H14N2O2S3/c16-12-15(10-3-1-2-4-11(10)20-12)9-19-13(18)14-5-7-17-8-6-14/h1-4H,5-9H2. The van der Waals surface area contributed by atoms with E-state index in [1.54, 1.807) is 16.3 Å². The first kappa shape index (κ1) is 14.1. The van der Waals surface area contributed by atoms with Crippen molar-refractivity contribution in [2.24, 2.45) is 0 Å². The van der Waals surface area contributed by atoms with E-state index in [1.807, 2.05) is 24.3 Å². The van der Waals surface area contributed by atoms with Gasteiger partial charge in [0.05, 0.1) is 29.3 Å². The van der Waals surface area contributed by atoms with E-state index in [0.717, 1.165) is 40.8 Å². The summed E-state index contributed by atoms with van der Waals surface area (Å²) in [6.07, 6.45) is 0. The van der Waals surface area contributed by atoms with Gasteiger partial charge in [0.25, 0.3) is 0 Å². The maximum Gasteiger partial charge on any atom is 0.308 e. The molecule has 0 amide bonds. The monoisotopic (exact) mass is 326 g/mol. The first-order valence-corrected chi connectivity index (χ1v) is 8.54. The number of benzene rings is 1. The van der Waals surface area contributed by atoms with Crippen LogP contribution in [0.4, 0.5) is 0 Å². The van der Waals surface area contributed by atoms with Gasteiger partial charge in [-0.3, -0.25) is 9.36 Å². The fraction of sp³-hybridized carbons (Fsp3) is 0.385. The largest absolute Gasteiger partial charge is 0.378 e. The SMILES string of the molecule is O=c1sc2ccccc2n1CSC(=S)N1CCOCC1. The second kappa shape index (κ2) is 6.26. The summed E-state index contributed by atoms with van der Waals surface area (Å²) in [6.45, 7) is 3.13. The molecule has 0 radical (unpaired) electrons. The van der Waals surface area contributed by atoms with Crippen LogP contribution in [0.15, 0.2) is 29.1 Å². The summed E-state index contributed by atoms with van der Waals surface area (Å²) in [5.74, 6) is 0.568. The zero-order chi connectivity index (χ0) is 13.9. The number of thiazole rings is 1.